The summed E-state index contributed by atoms with van der Waals surface area (Å²) in [6.45, 7) is 16.1. The molecule has 4 N–H and O–H groups in total. The number of nitrogens with one attached hydrogen (secondary N) is 2. The predicted octanol–water partition coefficient (Wildman–Crippen LogP) is 6.21. The molecule has 1 aliphatic heterocycles. The van der Waals surface area contributed by atoms with Gasteiger partial charge in [-0.2, -0.15) is 0 Å². The Bertz CT molecular complexity index is 1480. The average Bonchev–Trinajstić information content (AvgIpc) is 3.61. The lowest BCUT2D eigenvalue weighted by Gasteiger charge is -2.34. The maximum absolute atomic E-state index is 13.1. The van der Waals surface area contributed by atoms with Gasteiger partial charge in [-0.3, -0.25) is 19.2 Å². The predicted molar refractivity (Wildman–Crippen MR) is 210 cm³/mol. The summed E-state index contributed by atoms with van der Waals surface area (Å²) in [7, 11) is 1.67. The smallest absolute Gasteiger partial charge is 0.410 e. The molecule has 14 heteroatoms. The van der Waals surface area contributed by atoms with Crippen molar-refractivity contribution in [3.8, 4) is 0 Å². The molecular formula is C40H63N5O8S. The van der Waals surface area contributed by atoms with Crippen LogP contribution in [0.25, 0.3) is 0 Å². The molecule has 1 fully saturated rings. The molecule has 302 valence electrons. The number of hydrogen-bond donors (Lipinski definition) is 4. The molecule has 1 aromatic carbocycles. The number of carboxylic acids is 1. The van der Waals surface area contributed by atoms with Gasteiger partial charge >= 0.3 is 12.1 Å². The number of benzene rings is 1. The summed E-state index contributed by atoms with van der Waals surface area (Å²) >= 11 is 1.15. The van der Waals surface area contributed by atoms with Gasteiger partial charge in [-0.15, -0.1) is 11.3 Å². The van der Waals surface area contributed by atoms with Crippen LogP contribution in [0.4, 0.5) is 4.79 Å². The van der Waals surface area contributed by atoms with Crippen molar-refractivity contribution < 1.29 is 38.9 Å². The Balaban J connectivity index is 0.000000601. The number of rotatable bonds is 17. The number of thiazole rings is 1. The van der Waals surface area contributed by atoms with Crippen molar-refractivity contribution >= 4 is 41.6 Å². The minimum atomic E-state index is -1.01. The first-order chi connectivity index (χ1) is 25.4. The fraction of sp³-hybridized carbons (Fsp3) is 0.650. The van der Waals surface area contributed by atoms with Crippen LogP contribution in [0.3, 0.4) is 0 Å². The molecule has 1 aliphatic rings. The molecule has 3 rings (SSSR count). The standard InChI is InChI=1S/C29H42N4O6S.C11H21NO2/c1-6-10-22(30-17-34)28(37)33(5)24(18(2)3)15-25(35)27-32-23(16-40-27)26(36)31-21(13-19(4)29(38)39)14-20-11-8-7-9-12-20;1-9-7-5-6-8-12(9)10(13)14-11(2,3)4/h7-9,11-12,16-19,21-22,24-25,35H,6,10,13-15H2,1-5H3,(H,30,34)(H,31,36)(H,38,39);9H,5-8H2,1-4H3/t19?,21?,22-,24?,25?;9-/m00/s1. The molecule has 2 aromatic rings. The minimum Gasteiger partial charge on any atom is -0.481 e. The van der Waals surface area contributed by atoms with Crippen LogP contribution in [0.15, 0.2) is 35.7 Å². The number of nitrogens with zero attached hydrogens (tertiary/aromatic N) is 3. The second kappa shape index (κ2) is 22.4. The first-order valence-electron chi connectivity index (χ1n) is 19.0. The summed E-state index contributed by atoms with van der Waals surface area (Å²) < 4.78 is 5.33. The highest BCUT2D eigenvalue weighted by atomic mass is 32.1. The van der Waals surface area contributed by atoms with Crippen LogP contribution < -0.4 is 10.6 Å². The van der Waals surface area contributed by atoms with Crippen molar-refractivity contribution in [2.45, 2.75) is 143 Å². The van der Waals surface area contributed by atoms with Gasteiger partial charge in [0.1, 0.15) is 28.4 Å². The topological polar surface area (TPSA) is 178 Å². The summed E-state index contributed by atoms with van der Waals surface area (Å²) in [6.07, 6.45) is 4.95. The number of piperidine rings is 1. The van der Waals surface area contributed by atoms with Crippen LogP contribution in [0.1, 0.15) is 127 Å². The zero-order valence-corrected chi connectivity index (χ0v) is 34.4. The average molecular weight is 774 g/mol. The number of amides is 4. The zero-order chi connectivity index (χ0) is 40.6. The van der Waals surface area contributed by atoms with Crippen LogP contribution >= 0.6 is 11.3 Å². The minimum absolute atomic E-state index is 0.0137. The molecule has 0 spiro atoms. The summed E-state index contributed by atoms with van der Waals surface area (Å²) in [5, 5.41) is 27.8. The highest BCUT2D eigenvalue weighted by molar-refractivity contribution is 7.09. The van der Waals surface area contributed by atoms with Gasteiger partial charge in [0.25, 0.3) is 5.91 Å². The van der Waals surface area contributed by atoms with Crippen molar-refractivity contribution in [3.63, 3.8) is 0 Å². The molecule has 2 heterocycles. The Morgan fingerprint density at radius 3 is 2.33 bits per heavy atom. The van der Waals surface area contributed by atoms with E-state index in [-0.39, 0.29) is 48.1 Å². The summed E-state index contributed by atoms with van der Waals surface area (Å²) in [5.74, 6) is -2.23. The van der Waals surface area contributed by atoms with Crippen LogP contribution in [0.5, 0.6) is 0 Å². The molecule has 1 saturated heterocycles. The number of hydrogen-bond acceptors (Lipinski definition) is 9. The Morgan fingerprint density at radius 2 is 1.78 bits per heavy atom. The van der Waals surface area contributed by atoms with E-state index in [4.69, 9.17) is 4.74 Å². The number of carboxylic acid groups (broad SMARTS) is 1. The van der Waals surface area contributed by atoms with E-state index >= 15 is 0 Å². The molecule has 0 aliphatic carbocycles. The molecule has 13 nitrogen and oxygen atoms in total. The largest absolute Gasteiger partial charge is 0.481 e. The van der Waals surface area contributed by atoms with Crippen LogP contribution in [-0.2, 0) is 25.5 Å². The number of aromatic nitrogens is 1. The quantitative estimate of drug-likeness (QED) is 0.136. The van der Waals surface area contributed by atoms with Crippen molar-refractivity contribution in [1.82, 2.24) is 25.4 Å². The van der Waals surface area contributed by atoms with Gasteiger partial charge in [-0.1, -0.05) is 64.4 Å². The molecule has 1 aromatic heterocycles. The van der Waals surface area contributed by atoms with E-state index in [1.54, 1.807) is 24.3 Å². The van der Waals surface area contributed by atoms with Gasteiger partial charge in [0.15, 0.2) is 0 Å². The lowest BCUT2D eigenvalue weighted by Crippen LogP contribution is -2.50. The number of aliphatic hydroxyl groups is 1. The fourth-order valence-corrected chi connectivity index (χ4v) is 7.18. The summed E-state index contributed by atoms with van der Waals surface area (Å²) in [6, 6.07) is 8.47. The number of aliphatic carboxylic acids is 1. The van der Waals surface area contributed by atoms with Crippen molar-refractivity contribution in [2.75, 3.05) is 13.6 Å². The second-order valence-corrected chi connectivity index (χ2v) is 16.5. The van der Waals surface area contributed by atoms with Gasteiger partial charge in [-0.25, -0.2) is 9.78 Å². The lowest BCUT2D eigenvalue weighted by molar-refractivity contribution is -0.141. The Hall–Kier alpha value is -4.04. The van der Waals surface area contributed by atoms with Gasteiger partial charge in [0.05, 0.1) is 5.92 Å². The number of aliphatic hydroxyl groups excluding tert-OH is 1. The Labute approximate surface area is 325 Å². The zero-order valence-electron chi connectivity index (χ0n) is 33.5. The first-order valence-corrected chi connectivity index (χ1v) is 19.9. The number of ether oxygens (including phenoxy) is 1. The number of likely N-dealkylation sites (N-methyl/N-ethyl adjacent to an activating group) is 1. The van der Waals surface area contributed by atoms with Gasteiger partial charge in [0, 0.05) is 43.5 Å². The SMILES string of the molecule is CCC[C@H](NC=O)C(=O)N(C)C(CC(O)c1nc(C(=O)NC(Cc2ccccc2)CC(C)C(=O)O)cs1)C(C)C.C[C@H]1CCCCN1C(=O)OC(C)(C)C. The first kappa shape index (κ1) is 46.1. The molecule has 0 saturated carbocycles. The van der Waals surface area contributed by atoms with E-state index < -0.39 is 36.0 Å². The second-order valence-electron chi connectivity index (χ2n) is 15.6. The van der Waals surface area contributed by atoms with Gasteiger partial charge in [0.2, 0.25) is 12.3 Å². The Kier molecular flexibility index (Phi) is 19.1. The number of carbonyl (C=O) groups excluding carboxylic acids is 4. The van der Waals surface area contributed by atoms with Gasteiger partial charge in [-0.05, 0) is 77.7 Å². The molecule has 54 heavy (non-hydrogen) atoms. The summed E-state index contributed by atoms with van der Waals surface area (Å²) in [4.78, 5) is 68.1. The van der Waals surface area contributed by atoms with Crippen molar-refractivity contribution in [3.05, 3.63) is 52.0 Å². The lowest BCUT2D eigenvalue weighted by atomic mass is 9.95. The maximum Gasteiger partial charge on any atom is 0.410 e. The van der Waals surface area contributed by atoms with Crippen LogP contribution in [0.2, 0.25) is 0 Å². The molecule has 4 unspecified atom stereocenters. The Morgan fingerprint density at radius 1 is 1.11 bits per heavy atom. The van der Waals surface area contributed by atoms with Crippen LogP contribution in [0, 0.1) is 11.8 Å². The van der Waals surface area contributed by atoms with E-state index in [1.165, 1.54) is 6.42 Å². The highest BCUT2D eigenvalue weighted by Crippen LogP contribution is 2.28. The van der Waals surface area contributed by atoms with Crippen molar-refractivity contribution in [2.24, 2.45) is 11.8 Å². The highest BCUT2D eigenvalue weighted by Gasteiger charge is 2.32. The van der Waals surface area contributed by atoms with Crippen LogP contribution in [-0.4, -0.2) is 98.6 Å². The van der Waals surface area contributed by atoms with Crippen molar-refractivity contribution in [1.29, 1.82) is 0 Å². The number of likely N-dealkylation sites (tertiary alicyclic amines) is 1. The third-order valence-electron chi connectivity index (χ3n) is 9.41. The fourth-order valence-electron chi connectivity index (χ4n) is 6.38. The molecular weight excluding hydrogens is 711 g/mol. The maximum atomic E-state index is 13.1. The molecule has 6 atom stereocenters. The third kappa shape index (κ3) is 15.4. The summed E-state index contributed by atoms with van der Waals surface area (Å²) in [5.41, 5.74) is 0.736. The third-order valence-corrected chi connectivity index (χ3v) is 10.4. The van der Waals surface area contributed by atoms with E-state index in [2.05, 4.69) is 22.5 Å². The van der Waals surface area contributed by atoms with E-state index in [0.717, 1.165) is 42.7 Å². The normalized spacial score (nSPS) is 17.2. The monoisotopic (exact) mass is 773 g/mol. The van der Waals surface area contributed by atoms with E-state index in [0.29, 0.717) is 30.3 Å². The number of carbonyl (C=O) groups is 5. The van der Waals surface area contributed by atoms with E-state index in [1.807, 2.05) is 76.8 Å². The molecule has 0 bridgehead atoms. The van der Waals surface area contributed by atoms with E-state index in [9.17, 15) is 34.2 Å². The van der Waals surface area contributed by atoms with Gasteiger partial charge < -0.3 is 35.4 Å². The molecule has 4 amide bonds. The molecule has 0 radical (unpaired) electrons.